The summed E-state index contributed by atoms with van der Waals surface area (Å²) in [4.78, 5) is 20.2. The molecule has 0 atom stereocenters. The van der Waals surface area contributed by atoms with Crippen LogP contribution in [0, 0.1) is 4.91 Å². The van der Waals surface area contributed by atoms with E-state index in [0.717, 1.165) is 0 Å². The molecule has 0 unspecified atom stereocenters. The molecule has 0 aliphatic rings. The van der Waals surface area contributed by atoms with E-state index in [1.54, 1.807) is 30.3 Å². The third-order valence-corrected chi connectivity index (χ3v) is 1.39. The van der Waals surface area contributed by atoms with Gasteiger partial charge in [-0.2, -0.15) is 0 Å². The number of nitroso groups, excluding NO2 is 1. The van der Waals surface area contributed by atoms with Crippen molar-refractivity contribution in [2.75, 3.05) is 0 Å². The first kappa shape index (κ1) is 8.33. The van der Waals surface area contributed by atoms with Gasteiger partial charge >= 0.3 is 0 Å². The third kappa shape index (κ3) is 1.85. The molecule has 0 aliphatic heterocycles. The first-order chi connectivity index (χ1) is 5.88. The number of nitrogens with zero attached hydrogens (tertiary/aromatic N) is 1. The Morgan fingerprint density at radius 2 is 2.00 bits per heavy atom. The largest absolute Gasteiger partial charge is 0.299 e. The minimum absolute atomic E-state index is 0.343. The van der Waals surface area contributed by atoms with Gasteiger partial charge in [0.1, 0.15) is 12.0 Å². The van der Waals surface area contributed by atoms with Crippen molar-refractivity contribution in [2.24, 2.45) is 5.18 Å². The van der Waals surface area contributed by atoms with Crippen LogP contribution in [0.1, 0.15) is 5.56 Å². The molecule has 0 spiro atoms. The molecule has 0 aromatic heterocycles. The minimum Gasteiger partial charge on any atom is -0.299 e. The van der Waals surface area contributed by atoms with Gasteiger partial charge in [-0.15, -0.1) is 4.91 Å². The molecule has 0 radical (unpaired) electrons. The second-order valence-electron chi connectivity index (χ2n) is 2.15. The number of aldehydes is 1. The SMILES string of the molecule is O=C/C=C/c1ccccc1N=O. The van der Waals surface area contributed by atoms with Crippen molar-refractivity contribution in [3.63, 3.8) is 0 Å². The molecular weight excluding hydrogens is 154 g/mol. The second-order valence-corrected chi connectivity index (χ2v) is 2.15. The molecule has 0 aliphatic carbocycles. The Morgan fingerprint density at radius 3 is 2.67 bits per heavy atom. The van der Waals surface area contributed by atoms with Crippen LogP contribution in [0.3, 0.4) is 0 Å². The van der Waals surface area contributed by atoms with Crippen LogP contribution < -0.4 is 0 Å². The molecule has 3 heteroatoms. The van der Waals surface area contributed by atoms with Gasteiger partial charge in [0.05, 0.1) is 0 Å². The lowest BCUT2D eigenvalue weighted by Crippen LogP contribution is -1.72. The van der Waals surface area contributed by atoms with Gasteiger partial charge < -0.3 is 0 Å². The molecule has 60 valence electrons. The van der Waals surface area contributed by atoms with Gasteiger partial charge in [0, 0.05) is 5.56 Å². The summed E-state index contributed by atoms with van der Waals surface area (Å²) in [6, 6.07) is 6.81. The van der Waals surface area contributed by atoms with Crippen LogP contribution in [0.15, 0.2) is 35.5 Å². The number of hydrogen-bond acceptors (Lipinski definition) is 3. The maximum atomic E-state index is 10.2. The van der Waals surface area contributed by atoms with Crippen molar-refractivity contribution in [3.8, 4) is 0 Å². The Bertz CT molecular complexity index is 318. The Hall–Kier alpha value is -1.77. The van der Waals surface area contributed by atoms with Gasteiger partial charge in [-0.1, -0.05) is 18.2 Å². The first-order valence-electron chi connectivity index (χ1n) is 3.42. The Morgan fingerprint density at radius 1 is 1.25 bits per heavy atom. The van der Waals surface area contributed by atoms with E-state index in [1.165, 1.54) is 6.08 Å². The quantitative estimate of drug-likeness (QED) is 0.388. The van der Waals surface area contributed by atoms with Crippen molar-refractivity contribution >= 4 is 18.0 Å². The molecule has 0 amide bonds. The van der Waals surface area contributed by atoms with Gasteiger partial charge in [-0.25, -0.2) is 0 Å². The maximum absolute atomic E-state index is 10.2. The van der Waals surface area contributed by atoms with Crippen LogP contribution >= 0.6 is 0 Å². The highest BCUT2D eigenvalue weighted by Gasteiger charge is 1.95. The Kier molecular flexibility index (Phi) is 2.90. The monoisotopic (exact) mass is 161 g/mol. The summed E-state index contributed by atoms with van der Waals surface area (Å²) >= 11 is 0. The van der Waals surface area contributed by atoms with Crippen molar-refractivity contribution in [1.29, 1.82) is 0 Å². The zero-order chi connectivity index (χ0) is 8.81. The van der Waals surface area contributed by atoms with Crippen LogP contribution in [-0.2, 0) is 4.79 Å². The summed E-state index contributed by atoms with van der Waals surface area (Å²) in [5, 5.41) is 2.81. The molecule has 1 rings (SSSR count). The number of hydrogen-bond donors (Lipinski definition) is 0. The summed E-state index contributed by atoms with van der Waals surface area (Å²) in [6.07, 6.45) is 3.52. The summed E-state index contributed by atoms with van der Waals surface area (Å²) in [6.45, 7) is 0. The highest BCUT2D eigenvalue weighted by molar-refractivity contribution is 5.76. The average molecular weight is 161 g/mol. The van der Waals surface area contributed by atoms with Crippen LogP contribution in [0.4, 0.5) is 5.69 Å². The van der Waals surface area contributed by atoms with Crippen LogP contribution in [0.2, 0.25) is 0 Å². The molecule has 12 heavy (non-hydrogen) atoms. The number of carbonyl (C=O) groups excluding carboxylic acids is 1. The molecule has 0 bridgehead atoms. The second kappa shape index (κ2) is 4.18. The van der Waals surface area contributed by atoms with Gasteiger partial charge in [-0.3, -0.25) is 4.79 Å². The number of allylic oxidation sites excluding steroid dienone is 1. The molecule has 3 nitrogen and oxygen atoms in total. The summed E-state index contributed by atoms with van der Waals surface area (Å²) in [5.74, 6) is 0. The summed E-state index contributed by atoms with van der Waals surface area (Å²) in [5.41, 5.74) is 0.996. The molecular formula is C9H7NO2. The van der Waals surface area contributed by atoms with Crippen molar-refractivity contribution in [1.82, 2.24) is 0 Å². The first-order valence-corrected chi connectivity index (χ1v) is 3.42. The predicted octanol–water partition coefficient (Wildman–Crippen LogP) is 2.30. The molecule has 1 aromatic rings. The Balaban J connectivity index is 3.04. The normalized spacial score (nSPS) is 10.0. The van der Waals surface area contributed by atoms with Gasteiger partial charge in [0.25, 0.3) is 0 Å². The number of rotatable bonds is 3. The van der Waals surface area contributed by atoms with Crippen molar-refractivity contribution in [2.45, 2.75) is 0 Å². The fourth-order valence-corrected chi connectivity index (χ4v) is 0.855. The van der Waals surface area contributed by atoms with Crippen LogP contribution in [-0.4, -0.2) is 6.29 Å². The Labute approximate surface area is 69.7 Å². The van der Waals surface area contributed by atoms with Gasteiger partial charge in [0.2, 0.25) is 0 Å². The fraction of sp³-hybridized carbons (Fsp3) is 0. The lowest BCUT2D eigenvalue weighted by Gasteiger charge is -1.93. The lowest BCUT2D eigenvalue weighted by atomic mass is 10.2. The van der Waals surface area contributed by atoms with E-state index in [2.05, 4.69) is 5.18 Å². The number of carbonyl (C=O) groups is 1. The maximum Gasteiger partial charge on any atom is 0.142 e. The summed E-state index contributed by atoms with van der Waals surface area (Å²) < 4.78 is 0. The molecule has 0 fully saturated rings. The van der Waals surface area contributed by atoms with E-state index in [1.807, 2.05) is 0 Å². The van der Waals surface area contributed by atoms with Crippen LogP contribution in [0.25, 0.3) is 6.08 Å². The molecule has 0 saturated heterocycles. The number of benzene rings is 1. The van der Waals surface area contributed by atoms with Crippen molar-refractivity contribution < 1.29 is 4.79 Å². The molecule has 1 aromatic carbocycles. The highest BCUT2D eigenvalue weighted by Crippen LogP contribution is 2.18. The van der Waals surface area contributed by atoms with Crippen molar-refractivity contribution in [3.05, 3.63) is 40.8 Å². The molecule has 0 N–H and O–H groups in total. The predicted molar refractivity (Wildman–Crippen MR) is 47.0 cm³/mol. The van der Waals surface area contributed by atoms with Crippen LogP contribution in [0.5, 0.6) is 0 Å². The van der Waals surface area contributed by atoms with E-state index in [-0.39, 0.29) is 0 Å². The minimum atomic E-state index is 0.343. The molecule has 0 saturated carbocycles. The van der Waals surface area contributed by atoms with E-state index in [9.17, 15) is 9.70 Å². The highest BCUT2D eigenvalue weighted by atomic mass is 16.3. The fourth-order valence-electron chi connectivity index (χ4n) is 0.855. The zero-order valence-corrected chi connectivity index (χ0v) is 6.31. The topological polar surface area (TPSA) is 46.5 Å². The van der Waals surface area contributed by atoms with E-state index >= 15 is 0 Å². The van der Waals surface area contributed by atoms with Gasteiger partial charge in [-0.05, 0) is 23.4 Å². The zero-order valence-electron chi connectivity index (χ0n) is 6.31. The third-order valence-electron chi connectivity index (χ3n) is 1.39. The van der Waals surface area contributed by atoms with E-state index in [4.69, 9.17) is 0 Å². The standard InChI is InChI=1S/C9H7NO2/c11-7-3-5-8-4-1-2-6-9(8)10-12/h1-7H/b5-3+. The average Bonchev–Trinajstić information content (AvgIpc) is 2.15. The summed E-state index contributed by atoms with van der Waals surface area (Å²) in [7, 11) is 0. The smallest absolute Gasteiger partial charge is 0.142 e. The lowest BCUT2D eigenvalue weighted by molar-refractivity contribution is -0.104. The molecule has 0 heterocycles. The van der Waals surface area contributed by atoms with E-state index < -0.39 is 0 Å². The van der Waals surface area contributed by atoms with E-state index in [0.29, 0.717) is 17.5 Å². The van der Waals surface area contributed by atoms with Gasteiger partial charge in [0.15, 0.2) is 0 Å².